The van der Waals surface area contributed by atoms with Crippen LogP contribution in [-0.4, -0.2) is 31.9 Å². The number of benzene rings is 1. The van der Waals surface area contributed by atoms with Crippen LogP contribution in [0.4, 0.5) is 5.69 Å². The van der Waals surface area contributed by atoms with E-state index in [1.54, 1.807) is 6.07 Å². The summed E-state index contributed by atoms with van der Waals surface area (Å²) in [4.78, 5) is 22.3. The van der Waals surface area contributed by atoms with Gasteiger partial charge in [0.05, 0.1) is 16.7 Å². The predicted octanol–water partition coefficient (Wildman–Crippen LogP) is 0.324. The maximum atomic E-state index is 12.2. The van der Waals surface area contributed by atoms with E-state index >= 15 is 0 Å². The van der Waals surface area contributed by atoms with Gasteiger partial charge in [-0.05, 0) is 36.6 Å². The Balaban J connectivity index is 1.78. The molecule has 2 aliphatic rings. The van der Waals surface area contributed by atoms with Gasteiger partial charge in [-0.15, -0.1) is 0 Å². The quantitative estimate of drug-likeness (QED) is 0.725. The van der Waals surface area contributed by atoms with Gasteiger partial charge >= 0.3 is 5.97 Å². The molecular weight excluding hydrogens is 296 g/mol. The Morgan fingerprint density at radius 3 is 2.71 bits per heavy atom. The van der Waals surface area contributed by atoms with Crippen molar-refractivity contribution in [1.29, 1.82) is 0 Å². The average molecular weight is 310 g/mol. The first-order chi connectivity index (χ1) is 9.82. The molecule has 0 bridgehead atoms. The molecule has 1 aromatic carbocycles. The molecule has 1 aliphatic carbocycles. The van der Waals surface area contributed by atoms with Gasteiger partial charge in [0, 0.05) is 12.2 Å². The third kappa shape index (κ3) is 2.52. The highest BCUT2D eigenvalue weighted by Gasteiger charge is 2.50. The molecule has 0 atom stereocenters. The zero-order valence-electron chi connectivity index (χ0n) is 11.0. The van der Waals surface area contributed by atoms with E-state index in [9.17, 15) is 18.0 Å². The van der Waals surface area contributed by atoms with Gasteiger partial charge in [0.1, 0.15) is 0 Å². The fourth-order valence-electron chi connectivity index (χ4n) is 2.31. The van der Waals surface area contributed by atoms with Crippen LogP contribution < -0.4 is 10.0 Å². The minimum atomic E-state index is -3.78. The molecular formula is C13H14N2O5S. The number of fused-ring (bicyclic) bond motifs is 1. The zero-order chi connectivity index (χ0) is 15.3. The van der Waals surface area contributed by atoms with Gasteiger partial charge in [-0.2, -0.15) is 0 Å². The van der Waals surface area contributed by atoms with Crippen molar-refractivity contribution in [2.24, 2.45) is 5.41 Å². The Labute approximate surface area is 121 Å². The monoisotopic (exact) mass is 310 g/mol. The molecule has 3 N–H and O–H groups in total. The molecule has 0 saturated heterocycles. The topological polar surface area (TPSA) is 113 Å². The maximum Gasteiger partial charge on any atom is 0.310 e. The lowest BCUT2D eigenvalue weighted by molar-refractivity contribution is -0.143. The second kappa shape index (κ2) is 4.54. The second-order valence-corrected chi connectivity index (χ2v) is 7.22. The fraction of sp³-hybridized carbons (Fsp3) is 0.385. The molecule has 0 aromatic heterocycles. The Morgan fingerprint density at radius 2 is 2.10 bits per heavy atom. The number of carbonyl (C=O) groups excluding carboxylic acids is 1. The summed E-state index contributed by atoms with van der Waals surface area (Å²) < 4.78 is 26.8. The summed E-state index contributed by atoms with van der Waals surface area (Å²) in [5.41, 5.74) is 0.284. The van der Waals surface area contributed by atoms with Crippen molar-refractivity contribution in [3.63, 3.8) is 0 Å². The minimum Gasteiger partial charge on any atom is -0.481 e. The van der Waals surface area contributed by atoms with E-state index in [0.717, 1.165) is 0 Å². The number of anilines is 1. The molecule has 21 heavy (non-hydrogen) atoms. The van der Waals surface area contributed by atoms with E-state index in [-0.39, 0.29) is 23.8 Å². The molecule has 1 amide bonds. The second-order valence-electron chi connectivity index (χ2n) is 5.45. The van der Waals surface area contributed by atoms with Crippen molar-refractivity contribution < 1.29 is 23.1 Å². The average Bonchev–Trinajstić information content (AvgIpc) is 3.12. The zero-order valence-corrected chi connectivity index (χ0v) is 11.9. The lowest BCUT2D eigenvalue weighted by Crippen LogP contribution is -2.34. The molecule has 1 heterocycles. The Bertz CT molecular complexity index is 737. The van der Waals surface area contributed by atoms with E-state index in [1.807, 2.05) is 0 Å². The standard InChI is InChI=1S/C13H14N2O5S/c16-11-6-8-5-9(1-2-10(8)15-11)21(19,20)14-7-13(3-4-13)12(17)18/h1-2,5,14H,3-4,6-7H2,(H,15,16)(H,17,18). The number of hydrogen-bond donors (Lipinski definition) is 3. The molecule has 7 nitrogen and oxygen atoms in total. The van der Waals surface area contributed by atoms with Gasteiger partial charge < -0.3 is 10.4 Å². The van der Waals surface area contributed by atoms with Crippen molar-refractivity contribution in [3.8, 4) is 0 Å². The first-order valence-corrected chi connectivity index (χ1v) is 7.97. The van der Waals surface area contributed by atoms with Gasteiger partial charge in [-0.3, -0.25) is 9.59 Å². The largest absolute Gasteiger partial charge is 0.481 e. The summed E-state index contributed by atoms with van der Waals surface area (Å²) in [6.07, 6.45) is 1.11. The van der Waals surface area contributed by atoms with E-state index in [2.05, 4.69) is 10.0 Å². The van der Waals surface area contributed by atoms with E-state index in [0.29, 0.717) is 24.1 Å². The summed E-state index contributed by atoms with van der Waals surface area (Å²) in [7, 11) is -3.78. The fourth-order valence-corrected chi connectivity index (χ4v) is 3.48. The van der Waals surface area contributed by atoms with Crippen LogP contribution in [0.25, 0.3) is 0 Å². The maximum absolute atomic E-state index is 12.2. The highest BCUT2D eigenvalue weighted by Crippen LogP contribution is 2.45. The lowest BCUT2D eigenvalue weighted by Gasteiger charge is -2.12. The van der Waals surface area contributed by atoms with Gasteiger partial charge in [0.25, 0.3) is 0 Å². The SMILES string of the molecule is O=C1Cc2cc(S(=O)(=O)NCC3(C(=O)O)CC3)ccc2N1. The van der Waals surface area contributed by atoms with Crippen LogP contribution in [0.1, 0.15) is 18.4 Å². The number of hydrogen-bond acceptors (Lipinski definition) is 4. The molecule has 0 spiro atoms. The van der Waals surface area contributed by atoms with Crippen LogP contribution in [0, 0.1) is 5.41 Å². The van der Waals surface area contributed by atoms with Gasteiger partial charge in [0.2, 0.25) is 15.9 Å². The van der Waals surface area contributed by atoms with E-state index in [1.165, 1.54) is 12.1 Å². The molecule has 1 aliphatic heterocycles. The highest BCUT2D eigenvalue weighted by molar-refractivity contribution is 7.89. The summed E-state index contributed by atoms with van der Waals surface area (Å²) in [6.45, 7) is -0.112. The summed E-state index contributed by atoms with van der Waals surface area (Å²) in [5.74, 6) is -1.15. The van der Waals surface area contributed by atoms with Crippen molar-refractivity contribution in [3.05, 3.63) is 23.8 Å². The Morgan fingerprint density at radius 1 is 1.38 bits per heavy atom. The number of carboxylic acids is 1. The smallest absolute Gasteiger partial charge is 0.310 e. The molecule has 8 heteroatoms. The number of nitrogens with one attached hydrogen (secondary N) is 2. The van der Waals surface area contributed by atoms with Crippen LogP contribution in [0.3, 0.4) is 0 Å². The van der Waals surface area contributed by atoms with Crippen LogP contribution in [0.15, 0.2) is 23.1 Å². The first-order valence-electron chi connectivity index (χ1n) is 6.48. The highest BCUT2D eigenvalue weighted by atomic mass is 32.2. The number of sulfonamides is 1. The normalized spacial score (nSPS) is 19.0. The van der Waals surface area contributed by atoms with E-state index in [4.69, 9.17) is 5.11 Å². The summed E-state index contributed by atoms with van der Waals surface area (Å²) in [5, 5.41) is 11.7. The molecule has 1 fully saturated rings. The van der Waals surface area contributed by atoms with Crippen LogP contribution in [-0.2, 0) is 26.0 Å². The van der Waals surface area contributed by atoms with Gasteiger partial charge in [0.15, 0.2) is 0 Å². The summed E-state index contributed by atoms with van der Waals surface area (Å²) >= 11 is 0. The third-order valence-electron chi connectivity index (χ3n) is 3.92. The van der Waals surface area contributed by atoms with Crippen molar-refractivity contribution >= 4 is 27.6 Å². The molecule has 0 radical (unpaired) electrons. The van der Waals surface area contributed by atoms with Gasteiger partial charge in [-0.25, -0.2) is 13.1 Å². The number of carboxylic acid groups (broad SMARTS) is 1. The van der Waals surface area contributed by atoms with E-state index < -0.39 is 21.4 Å². The minimum absolute atomic E-state index is 0.0407. The molecule has 1 saturated carbocycles. The lowest BCUT2D eigenvalue weighted by atomic mass is 10.1. The summed E-state index contributed by atoms with van der Waals surface area (Å²) in [6, 6.07) is 4.38. The number of aliphatic carboxylic acids is 1. The van der Waals surface area contributed by atoms with Crippen LogP contribution in [0.2, 0.25) is 0 Å². The molecule has 1 aromatic rings. The first kappa shape index (κ1) is 14.0. The molecule has 3 rings (SSSR count). The van der Waals surface area contributed by atoms with Crippen LogP contribution >= 0.6 is 0 Å². The number of carbonyl (C=O) groups is 2. The number of amides is 1. The molecule has 0 unspecified atom stereocenters. The third-order valence-corrected chi connectivity index (χ3v) is 5.32. The van der Waals surface area contributed by atoms with Crippen molar-refractivity contribution in [2.45, 2.75) is 24.2 Å². The number of rotatable bonds is 5. The Kier molecular flexibility index (Phi) is 3.03. The predicted molar refractivity (Wildman–Crippen MR) is 73.3 cm³/mol. The Hall–Kier alpha value is -1.93. The van der Waals surface area contributed by atoms with Crippen molar-refractivity contribution in [1.82, 2.24) is 4.72 Å². The van der Waals surface area contributed by atoms with Crippen molar-refractivity contribution in [2.75, 3.05) is 11.9 Å². The molecule has 112 valence electrons. The van der Waals surface area contributed by atoms with Crippen LogP contribution in [0.5, 0.6) is 0 Å². The van der Waals surface area contributed by atoms with Gasteiger partial charge in [-0.1, -0.05) is 0 Å².